The summed E-state index contributed by atoms with van der Waals surface area (Å²) in [5.74, 6) is -0.687. The summed E-state index contributed by atoms with van der Waals surface area (Å²) in [4.78, 5) is 76.9. The third kappa shape index (κ3) is 9.94. The van der Waals surface area contributed by atoms with Crippen LogP contribution >= 0.6 is 0 Å². The standard InChI is InChI=1S/C42H52N6O9/c1-27-22-29(23-28(2)36(27)49)24-34(57-41(54)47-15-13-32(14-16-47)48-17-12-30-8-6-7-9-33(30)44-40(48)53)37(50)46-20-18-45(19-21-46)35-11-10-31(25-43-35)38(51)55-26-56-39(52)42(3,4)5/h6-11,22-23,25,32,34,49H,12-21,24,26H2,1-5H3,(H,44,53)/t34-/m1/s1. The van der Waals surface area contributed by atoms with Crippen molar-refractivity contribution in [2.45, 2.75) is 72.4 Å². The van der Waals surface area contributed by atoms with Gasteiger partial charge in [0.1, 0.15) is 11.6 Å². The minimum absolute atomic E-state index is 0.0375. The zero-order chi connectivity index (χ0) is 40.9. The predicted molar refractivity (Wildman–Crippen MR) is 211 cm³/mol. The fraction of sp³-hybridized carbons (Fsp3) is 0.476. The molecular weight excluding hydrogens is 732 g/mol. The number of pyridine rings is 1. The van der Waals surface area contributed by atoms with Gasteiger partial charge in [-0.1, -0.05) is 30.3 Å². The summed E-state index contributed by atoms with van der Waals surface area (Å²) in [5, 5.41) is 13.4. The molecule has 2 saturated heterocycles. The number of piperidine rings is 1. The maximum atomic E-state index is 14.1. The lowest BCUT2D eigenvalue weighted by Gasteiger charge is -2.39. The molecule has 4 heterocycles. The number of nitrogens with zero attached hydrogens (tertiary/aromatic N) is 5. The van der Waals surface area contributed by atoms with Gasteiger partial charge in [0.05, 0.1) is 11.0 Å². The number of anilines is 2. The molecule has 1 aromatic heterocycles. The number of piperazine rings is 1. The highest BCUT2D eigenvalue weighted by Crippen LogP contribution is 2.27. The quantitative estimate of drug-likeness (QED) is 0.220. The van der Waals surface area contributed by atoms with Crippen LogP contribution in [0, 0.1) is 19.3 Å². The summed E-state index contributed by atoms with van der Waals surface area (Å²) >= 11 is 0. The molecule has 4 amide bonds. The second-order valence-electron chi connectivity index (χ2n) is 15.9. The number of hydrogen-bond donors (Lipinski definition) is 2. The average molecular weight is 785 g/mol. The largest absolute Gasteiger partial charge is 0.507 e. The monoisotopic (exact) mass is 784 g/mol. The molecule has 1 atom stereocenters. The number of phenolic OH excluding ortho intramolecular Hbond substituents is 1. The van der Waals surface area contributed by atoms with E-state index in [1.54, 1.807) is 68.7 Å². The van der Waals surface area contributed by atoms with Gasteiger partial charge in [0, 0.05) is 70.2 Å². The number of carbonyl (C=O) groups is 5. The number of fused-ring (bicyclic) bond motifs is 1. The summed E-state index contributed by atoms with van der Waals surface area (Å²) in [6, 6.07) is 14.5. The first-order valence-corrected chi connectivity index (χ1v) is 19.4. The molecule has 57 heavy (non-hydrogen) atoms. The SMILES string of the molecule is Cc1cc(C[C@@H](OC(=O)N2CCC(N3CCc4ccccc4NC3=O)CC2)C(=O)N2CCN(c3ccc(C(=O)OCOC(=O)C(C)(C)C)cn3)CC2)cc(C)c1O. The molecule has 15 heteroatoms. The van der Waals surface area contributed by atoms with E-state index >= 15 is 0 Å². The lowest BCUT2D eigenvalue weighted by Crippen LogP contribution is -2.54. The molecule has 0 aliphatic carbocycles. The van der Waals surface area contributed by atoms with Gasteiger partial charge in [-0.15, -0.1) is 0 Å². The summed E-state index contributed by atoms with van der Waals surface area (Å²) < 4.78 is 16.1. The summed E-state index contributed by atoms with van der Waals surface area (Å²) in [5.41, 5.74) is 3.48. The fourth-order valence-electron chi connectivity index (χ4n) is 7.34. The van der Waals surface area contributed by atoms with Gasteiger partial charge in [-0.25, -0.2) is 19.4 Å². The molecular formula is C42H52N6O9. The molecule has 304 valence electrons. The predicted octanol–water partition coefficient (Wildman–Crippen LogP) is 5.06. The van der Waals surface area contributed by atoms with Crippen molar-refractivity contribution < 1.29 is 43.3 Å². The number of hydrogen-bond acceptors (Lipinski definition) is 11. The van der Waals surface area contributed by atoms with E-state index in [2.05, 4.69) is 10.3 Å². The molecule has 2 fully saturated rings. The van der Waals surface area contributed by atoms with Gasteiger partial charge in [0.25, 0.3) is 5.91 Å². The van der Waals surface area contributed by atoms with Gasteiger partial charge in [-0.05, 0) is 94.3 Å². The third-order valence-electron chi connectivity index (χ3n) is 10.7. The van der Waals surface area contributed by atoms with E-state index in [9.17, 15) is 29.1 Å². The number of aryl methyl sites for hydroxylation is 2. The lowest BCUT2D eigenvalue weighted by molar-refractivity contribution is -0.161. The first-order valence-electron chi connectivity index (χ1n) is 19.4. The molecule has 0 unspecified atom stereocenters. The highest BCUT2D eigenvalue weighted by molar-refractivity contribution is 5.91. The number of aromatic hydroxyl groups is 1. The number of aromatic nitrogens is 1. The normalized spacial score (nSPS) is 16.9. The van der Waals surface area contributed by atoms with Gasteiger partial charge in [-0.2, -0.15) is 0 Å². The van der Waals surface area contributed by atoms with E-state index in [0.717, 1.165) is 23.2 Å². The number of likely N-dealkylation sites (tertiary alicyclic amines) is 1. The van der Waals surface area contributed by atoms with Crippen molar-refractivity contribution in [2.24, 2.45) is 5.41 Å². The topological polar surface area (TPSA) is 171 Å². The molecule has 0 saturated carbocycles. The van der Waals surface area contributed by atoms with Gasteiger partial charge < -0.3 is 44.2 Å². The molecule has 0 spiro atoms. The zero-order valence-corrected chi connectivity index (χ0v) is 33.3. The van der Waals surface area contributed by atoms with Crippen LogP contribution in [0.3, 0.4) is 0 Å². The van der Waals surface area contributed by atoms with Crippen LogP contribution in [0.5, 0.6) is 5.75 Å². The van der Waals surface area contributed by atoms with Gasteiger partial charge >= 0.3 is 24.1 Å². The van der Waals surface area contributed by atoms with Crippen LogP contribution in [-0.4, -0.2) is 120 Å². The number of amides is 4. The van der Waals surface area contributed by atoms with Crippen LogP contribution in [0.15, 0.2) is 54.7 Å². The third-order valence-corrected chi connectivity index (χ3v) is 10.7. The van der Waals surface area contributed by atoms with Crippen LogP contribution < -0.4 is 10.2 Å². The molecule has 2 aromatic carbocycles. The van der Waals surface area contributed by atoms with Crippen LogP contribution in [-0.2, 0) is 36.6 Å². The van der Waals surface area contributed by atoms with E-state index in [-0.39, 0.29) is 35.7 Å². The Hall–Kier alpha value is -5.86. The van der Waals surface area contributed by atoms with Crippen LogP contribution in [0.1, 0.15) is 66.2 Å². The van der Waals surface area contributed by atoms with Gasteiger partial charge in [0.2, 0.25) is 6.79 Å². The molecule has 6 rings (SSSR count). The summed E-state index contributed by atoms with van der Waals surface area (Å²) in [6.07, 6.45) is 1.74. The number of phenols is 1. The number of rotatable bonds is 9. The Balaban J connectivity index is 1.05. The molecule has 0 bridgehead atoms. The minimum Gasteiger partial charge on any atom is -0.507 e. The number of benzene rings is 2. The maximum Gasteiger partial charge on any atom is 0.410 e. The first kappa shape index (κ1) is 40.8. The maximum absolute atomic E-state index is 14.1. The number of para-hydroxylation sites is 1. The van der Waals surface area contributed by atoms with Crippen LogP contribution in [0.2, 0.25) is 0 Å². The minimum atomic E-state index is -1.11. The highest BCUT2D eigenvalue weighted by Gasteiger charge is 2.36. The molecule has 15 nitrogen and oxygen atoms in total. The molecule has 3 aromatic rings. The Morgan fingerprint density at radius 2 is 1.58 bits per heavy atom. The van der Waals surface area contributed by atoms with Crippen molar-refractivity contribution in [1.82, 2.24) is 19.7 Å². The Morgan fingerprint density at radius 3 is 2.23 bits per heavy atom. The highest BCUT2D eigenvalue weighted by atomic mass is 16.7. The number of ether oxygens (including phenoxy) is 3. The first-order chi connectivity index (χ1) is 27.2. The van der Waals surface area contributed by atoms with Crippen LogP contribution in [0.4, 0.5) is 21.1 Å². The molecule has 3 aliphatic heterocycles. The Bertz CT molecular complexity index is 1940. The van der Waals surface area contributed by atoms with Crippen molar-refractivity contribution in [3.8, 4) is 5.75 Å². The van der Waals surface area contributed by atoms with Gasteiger partial charge in [0.15, 0.2) is 6.10 Å². The second kappa shape index (κ2) is 17.5. The number of esters is 2. The van der Waals surface area contributed by atoms with Crippen molar-refractivity contribution >= 4 is 41.5 Å². The van der Waals surface area contributed by atoms with E-state index in [1.165, 1.54) is 6.20 Å². The summed E-state index contributed by atoms with van der Waals surface area (Å²) in [6.45, 7) is 11.1. The van der Waals surface area contributed by atoms with E-state index in [0.29, 0.717) is 75.6 Å². The van der Waals surface area contributed by atoms with Gasteiger partial charge in [-0.3, -0.25) is 9.59 Å². The van der Waals surface area contributed by atoms with Crippen molar-refractivity contribution in [3.63, 3.8) is 0 Å². The molecule has 2 N–H and O–H groups in total. The van der Waals surface area contributed by atoms with Crippen LogP contribution in [0.25, 0.3) is 0 Å². The molecule has 0 radical (unpaired) electrons. The van der Waals surface area contributed by atoms with Crippen molar-refractivity contribution in [2.75, 3.05) is 62.8 Å². The van der Waals surface area contributed by atoms with E-state index in [4.69, 9.17) is 14.2 Å². The van der Waals surface area contributed by atoms with Crippen molar-refractivity contribution in [3.05, 3.63) is 82.5 Å². The van der Waals surface area contributed by atoms with Crippen molar-refractivity contribution in [1.29, 1.82) is 0 Å². The Morgan fingerprint density at radius 1 is 0.895 bits per heavy atom. The Labute approximate surface area is 332 Å². The number of urea groups is 1. The number of carbonyl (C=O) groups excluding carboxylic acids is 5. The Kier molecular flexibility index (Phi) is 12.5. The second-order valence-corrected chi connectivity index (χ2v) is 15.9. The fourth-order valence-corrected chi connectivity index (χ4v) is 7.34. The zero-order valence-electron chi connectivity index (χ0n) is 33.3. The summed E-state index contributed by atoms with van der Waals surface area (Å²) in [7, 11) is 0. The number of nitrogens with one attached hydrogen (secondary N) is 1. The average Bonchev–Trinajstić information content (AvgIpc) is 3.37. The lowest BCUT2D eigenvalue weighted by atomic mass is 9.98. The smallest absolute Gasteiger partial charge is 0.410 e. The molecule has 3 aliphatic rings. The van der Waals surface area contributed by atoms with E-state index < -0.39 is 36.3 Å². The van der Waals surface area contributed by atoms with E-state index in [1.807, 2.05) is 34.1 Å².